The van der Waals surface area contributed by atoms with Crippen molar-refractivity contribution in [3.05, 3.63) is 276 Å². The third-order valence-corrected chi connectivity index (χ3v) is 21.4. The Kier molecular flexibility index (Phi) is 15.9. The number of aliphatic imine (C=N–C) groups is 4. The van der Waals surface area contributed by atoms with Crippen LogP contribution in [0.5, 0.6) is 0 Å². The van der Waals surface area contributed by atoms with E-state index in [1.807, 2.05) is 0 Å². The summed E-state index contributed by atoms with van der Waals surface area (Å²) >= 11 is 0. The summed E-state index contributed by atoms with van der Waals surface area (Å²) in [6, 6.07) is 34.8. The number of benzene rings is 4. The fraction of sp³-hybridized carbons (Fsp3) is 0.391. The number of H-pyrrole nitrogens is 2. The van der Waals surface area contributed by atoms with E-state index in [2.05, 4.69) is 345 Å². The van der Waals surface area contributed by atoms with Crippen LogP contribution in [0.3, 0.4) is 0 Å². The quantitative estimate of drug-likeness (QED) is 0.138. The van der Waals surface area contributed by atoms with Gasteiger partial charge < -0.3 is 20.6 Å². The van der Waals surface area contributed by atoms with E-state index >= 15 is 0 Å². The number of allylic oxidation sites excluding steroid dienone is 8. The number of fused-ring (bicyclic) bond motifs is 16. The number of nitrogens with one attached hydrogen (secondary N) is 4. The number of aromatic amines is 2. The van der Waals surface area contributed by atoms with Crippen LogP contribution in [-0.2, 0) is 43.3 Å². The van der Waals surface area contributed by atoms with E-state index in [1.165, 1.54) is 44.5 Å². The molecule has 10 heterocycles. The zero-order valence-corrected chi connectivity index (χ0v) is 64.1. The van der Waals surface area contributed by atoms with Crippen LogP contribution in [0, 0.1) is 0 Å². The highest BCUT2D eigenvalue weighted by Gasteiger charge is 2.39. The first-order valence-corrected chi connectivity index (χ1v) is 36.6. The van der Waals surface area contributed by atoms with Crippen molar-refractivity contribution in [2.75, 3.05) is 0 Å². The molecule has 4 atom stereocenters. The third kappa shape index (κ3) is 12.7. The Morgan fingerprint density at radius 1 is 0.330 bits per heavy atom. The summed E-state index contributed by atoms with van der Waals surface area (Å²) in [6.07, 6.45) is 25.1. The summed E-state index contributed by atoms with van der Waals surface area (Å²) in [6.45, 7) is 55.8. The molecular formula is C92H106N8. The normalized spacial score (nSPS) is 23.6. The molecule has 6 aromatic rings. The summed E-state index contributed by atoms with van der Waals surface area (Å²) < 4.78 is 0. The highest BCUT2D eigenvalue weighted by atomic mass is 15.0. The smallest absolute Gasteiger partial charge is 0.110 e. The molecule has 8 heteroatoms. The molecule has 0 fully saturated rings. The Morgan fingerprint density at radius 2 is 0.720 bits per heavy atom. The molecule has 0 radical (unpaired) electrons. The molecule has 16 bridgehead atoms. The fourth-order valence-electron chi connectivity index (χ4n) is 14.8. The second-order valence-electron chi connectivity index (χ2n) is 37.7. The lowest BCUT2D eigenvalue weighted by molar-refractivity contribution is 0.567. The summed E-state index contributed by atoms with van der Waals surface area (Å²) in [5.74, 6) is 0. The van der Waals surface area contributed by atoms with E-state index in [0.717, 1.165) is 124 Å². The molecule has 0 saturated heterocycles. The summed E-state index contributed by atoms with van der Waals surface area (Å²) in [5.41, 5.74) is 31.5. The molecule has 0 aliphatic carbocycles. The minimum Gasteiger partial charge on any atom is -0.373 e. The van der Waals surface area contributed by atoms with Crippen molar-refractivity contribution in [3.8, 4) is 0 Å². The minimum absolute atomic E-state index is 0.0949. The lowest BCUT2D eigenvalue weighted by atomic mass is 9.77. The number of nitrogens with zero attached hydrogens (tertiary/aromatic N) is 4. The van der Waals surface area contributed by atoms with E-state index < -0.39 is 6.04 Å². The molecule has 514 valence electrons. The summed E-state index contributed by atoms with van der Waals surface area (Å²) in [4.78, 5) is 31.9. The molecule has 100 heavy (non-hydrogen) atoms. The fourth-order valence-corrected chi connectivity index (χ4v) is 14.8. The van der Waals surface area contributed by atoms with Crippen LogP contribution in [0.1, 0.15) is 273 Å². The first kappa shape index (κ1) is 68.3. The molecule has 14 rings (SSSR count). The van der Waals surface area contributed by atoms with Gasteiger partial charge in [0, 0.05) is 61.9 Å². The van der Waals surface area contributed by atoms with Crippen LogP contribution in [0.2, 0.25) is 0 Å². The maximum Gasteiger partial charge on any atom is 0.110 e. The molecule has 0 saturated carbocycles. The van der Waals surface area contributed by atoms with E-state index in [4.69, 9.17) is 20.0 Å². The Labute approximate surface area is 597 Å². The van der Waals surface area contributed by atoms with Gasteiger partial charge in [0.15, 0.2) is 0 Å². The van der Waals surface area contributed by atoms with Gasteiger partial charge in [0.2, 0.25) is 0 Å². The van der Waals surface area contributed by atoms with E-state index in [-0.39, 0.29) is 61.4 Å². The van der Waals surface area contributed by atoms with E-state index in [1.54, 1.807) is 0 Å². The number of rotatable bonds is 5. The van der Waals surface area contributed by atoms with Gasteiger partial charge in [0.1, 0.15) is 12.1 Å². The number of aromatic nitrogens is 2. The second-order valence-corrected chi connectivity index (χ2v) is 37.7. The molecule has 8 aliphatic heterocycles. The van der Waals surface area contributed by atoms with Crippen molar-refractivity contribution < 1.29 is 0 Å². The first-order chi connectivity index (χ1) is 46.5. The predicted molar refractivity (Wildman–Crippen MR) is 426 cm³/mol. The zero-order chi connectivity index (χ0) is 71.7. The van der Waals surface area contributed by atoms with Gasteiger partial charge in [-0.3, -0.25) is 20.0 Å². The van der Waals surface area contributed by atoms with Gasteiger partial charge in [-0.15, -0.1) is 0 Å². The summed E-state index contributed by atoms with van der Waals surface area (Å²) in [7, 11) is 0. The van der Waals surface area contributed by atoms with Gasteiger partial charge in [-0.1, -0.05) is 257 Å². The number of hydrogen-bond acceptors (Lipinski definition) is 6. The molecule has 0 spiro atoms. The molecule has 0 amide bonds. The van der Waals surface area contributed by atoms with Gasteiger partial charge in [-0.2, -0.15) is 0 Å². The van der Waals surface area contributed by atoms with Crippen molar-refractivity contribution >= 4 is 50.7 Å². The lowest BCUT2D eigenvalue weighted by Gasteiger charge is -2.28. The lowest BCUT2D eigenvalue weighted by Crippen LogP contribution is -2.29. The molecule has 8 aliphatic rings. The van der Waals surface area contributed by atoms with Gasteiger partial charge in [-0.25, -0.2) is 0 Å². The van der Waals surface area contributed by atoms with Crippen molar-refractivity contribution in [3.63, 3.8) is 0 Å². The van der Waals surface area contributed by atoms with Crippen LogP contribution in [0.25, 0.3) is 27.9 Å². The van der Waals surface area contributed by atoms with Gasteiger partial charge in [0.05, 0.1) is 52.0 Å². The minimum atomic E-state index is -0.425. The van der Waals surface area contributed by atoms with E-state index in [9.17, 15) is 0 Å². The Morgan fingerprint density at radius 3 is 1.15 bits per heavy atom. The monoisotopic (exact) mass is 1320 g/mol. The zero-order valence-electron chi connectivity index (χ0n) is 64.1. The topological polar surface area (TPSA) is 105 Å². The molecule has 4 aromatic carbocycles. The van der Waals surface area contributed by atoms with Crippen molar-refractivity contribution in [1.82, 2.24) is 20.6 Å². The third-order valence-electron chi connectivity index (χ3n) is 21.4. The highest BCUT2D eigenvalue weighted by Crippen LogP contribution is 2.49. The van der Waals surface area contributed by atoms with Crippen LogP contribution in [0.4, 0.5) is 0 Å². The number of hydrogen-bond donors (Lipinski definition) is 4. The highest BCUT2D eigenvalue weighted by molar-refractivity contribution is 6.47. The van der Waals surface area contributed by atoms with Crippen molar-refractivity contribution in [2.24, 2.45) is 20.0 Å². The maximum atomic E-state index is 6.19. The predicted octanol–water partition coefficient (Wildman–Crippen LogP) is 21.8. The van der Waals surface area contributed by atoms with Gasteiger partial charge >= 0.3 is 0 Å². The van der Waals surface area contributed by atoms with Gasteiger partial charge in [0.25, 0.3) is 0 Å². The maximum absolute atomic E-state index is 6.19. The Balaban J connectivity index is 1.07. The first-order valence-electron chi connectivity index (χ1n) is 36.6. The average Bonchev–Trinajstić information content (AvgIpc) is 1.55. The molecular weight excluding hydrogens is 1220 g/mol. The second kappa shape index (κ2) is 23.3. The van der Waals surface area contributed by atoms with Crippen molar-refractivity contribution in [1.29, 1.82) is 0 Å². The van der Waals surface area contributed by atoms with Crippen molar-refractivity contribution in [2.45, 2.75) is 234 Å². The molecule has 2 aromatic heterocycles. The standard InChI is InChI=1S/C92H106N8/c1-85(2,3)55-37-51(38-56(45-55)86(4,5)6)79-71-31-25-65(93-71)67-27-35-75(95-67)81(53-41-59(89(13,14)15)47-60(42-53)90(16,17)18)83-63(49-77(99-83)69-29-33-73(79)97-69)64-50-78-70-30-34-74(98-70)80(52-39-57(87(7,8)9)46-58(40-52)88(10,11)12)72-32-26-66(94-72)68-28-36-76(96-68)82(84(64)100-78)54-43-61(91(19,20)21)48-62(44-54)92(22,23)24/h25-50,65,68-69,78,93,96,98-99H,1-24H3/b79-71-,80-72-,81-75-,82-76-. The van der Waals surface area contributed by atoms with E-state index in [0.29, 0.717) is 0 Å². The molecule has 4 N–H and O–H groups in total. The Hall–Kier alpha value is -8.88. The van der Waals surface area contributed by atoms with Crippen LogP contribution >= 0.6 is 0 Å². The van der Waals surface area contributed by atoms with Crippen LogP contribution < -0.4 is 10.6 Å². The van der Waals surface area contributed by atoms with Crippen LogP contribution in [-0.4, -0.2) is 44.9 Å². The largest absolute Gasteiger partial charge is 0.373 e. The average molecular weight is 1320 g/mol. The summed E-state index contributed by atoms with van der Waals surface area (Å²) in [5, 5.41) is 8.18. The SMILES string of the molecule is CC(C)(C)c1cc(/C2=C3\C=CC(N3)C3=N/C(=C(/c4cc(C(C)(C)C)cc(C(C)(C)C)c4)c4[nH]c(cc4C4=CC5N=C4/C(c4cc(C(C)(C)C)cc(C(C)(C)C)c4)=C4/C=CC(N4)C4=N/C(=C(/c6cc(C(C)(C)C)cc(C(C)(C)C)c6)c6ccc5[nH]6)C=C4)C4C=CC2=N4)C=C3)cc(C(C)(C)C)c1. The molecule has 8 nitrogen and oxygen atoms in total. The molecule has 4 unspecified atom stereocenters. The van der Waals surface area contributed by atoms with Gasteiger partial charge in [-0.05, 0) is 177 Å². The van der Waals surface area contributed by atoms with Crippen LogP contribution in [0.15, 0.2) is 201 Å². The Bertz CT molecular complexity index is 4810.